The normalized spacial score (nSPS) is 12.9. The summed E-state index contributed by atoms with van der Waals surface area (Å²) in [5.74, 6) is -2.28. The molecule has 0 aromatic carbocycles. The van der Waals surface area contributed by atoms with Crippen LogP contribution in [0.15, 0.2) is 36.5 Å². The van der Waals surface area contributed by atoms with Gasteiger partial charge in [0.05, 0.1) is 40.3 Å². The summed E-state index contributed by atoms with van der Waals surface area (Å²) in [6.45, 7) is 4.77. The second kappa shape index (κ2) is 59.6. The van der Waals surface area contributed by atoms with Crippen molar-refractivity contribution in [3.8, 4) is 0 Å². The van der Waals surface area contributed by atoms with E-state index in [9.17, 15) is 19.5 Å². The van der Waals surface area contributed by atoms with Gasteiger partial charge in [-0.05, 0) is 51.4 Å². The molecule has 9 heteroatoms. The van der Waals surface area contributed by atoms with Crippen molar-refractivity contribution in [3.05, 3.63) is 36.5 Å². The number of hydrogen-bond donors (Lipinski definition) is 0. The number of aliphatic carboxylic acids is 1. The number of esters is 2. The highest BCUT2D eigenvalue weighted by Crippen LogP contribution is 2.18. The smallest absolute Gasteiger partial charge is 0.306 e. The minimum atomic E-state index is -1.62. The second-order valence-corrected chi connectivity index (χ2v) is 23.8. The predicted octanol–water partition coefficient (Wildman–Crippen LogP) is 18.7. The van der Waals surface area contributed by atoms with Gasteiger partial charge in [0.1, 0.15) is 13.2 Å². The number of likely N-dealkylation sites (N-methyl/N-ethyl adjacent to an activating group) is 1. The molecule has 0 aliphatic carbocycles. The standard InChI is InChI=1S/C68H127NO8/c1-6-8-10-12-14-16-18-20-22-24-26-28-29-30-31-32-33-34-35-36-37-39-40-42-44-46-48-50-52-54-56-58-65(70)75-62-64(63-76-68(67(72)73)74-61-60-69(3,4)5)77-66(71)59-57-55-53-51-49-47-45-43-41-38-27-25-23-21-19-17-15-13-11-9-7-2/h19,21,25,27,41,43,64,68H,6-18,20,22-24,26,28-40,42,44-63H2,1-5H3/b21-19-,27-25-,43-41-. The van der Waals surface area contributed by atoms with Crippen molar-refractivity contribution in [3.63, 3.8) is 0 Å². The number of carbonyl (C=O) groups is 3. The lowest BCUT2D eigenvalue weighted by Crippen LogP contribution is -2.44. The highest BCUT2D eigenvalue weighted by molar-refractivity contribution is 5.70. The van der Waals surface area contributed by atoms with E-state index in [1.807, 2.05) is 21.1 Å². The number of unbranched alkanes of at least 4 members (excludes halogenated alkanes) is 41. The minimum Gasteiger partial charge on any atom is -0.545 e. The van der Waals surface area contributed by atoms with E-state index >= 15 is 0 Å². The summed E-state index contributed by atoms with van der Waals surface area (Å²) >= 11 is 0. The summed E-state index contributed by atoms with van der Waals surface area (Å²) < 4.78 is 22.8. The molecule has 0 saturated carbocycles. The Balaban J connectivity index is 4.09. The summed E-state index contributed by atoms with van der Waals surface area (Å²) in [7, 11) is 5.93. The van der Waals surface area contributed by atoms with Gasteiger partial charge in [-0.2, -0.15) is 0 Å². The SMILES string of the molecule is CCCCCCC/C=C\C/C=C\C/C=C\CCCCCCCCC(=O)OC(COC(=O)CCCCCCCCCCCCCCCCCCCCCCCCCCCCCCCCC)COC(OCC[N+](C)(C)C)C(=O)[O-]. The Morgan fingerprint density at radius 2 is 0.701 bits per heavy atom. The average molecular weight is 1090 g/mol. The highest BCUT2D eigenvalue weighted by Gasteiger charge is 2.22. The van der Waals surface area contributed by atoms with E-state index in [4.69, 9.17) is 18.9 Å². The lowest BCUT2D eigenvalue weighted by molar-refractivity contribution is -0.870. The maximum atomic E-state index is 12.9. The van der Waals surface area contributed by atoms with Crippen molar-refractivity contribution in [2.45, 2.75) is 334 Å². The first kappa shape index (κ1) is 74.5. The van der Waals surface area contributed by atoms with Crippen molar-refractivity contribution in [1.82, 2.24) is 0 Å². The Morgan fingerprint density at radius 3 is 1.04 bits per heavy atom. The Kier molecular flexibility index (Phi) is 57.7. The Labute approximate surface area is 477 Å². The summed E-state index contributed by atoms with van der Waals surface area (Å²) in [6.07, 6.45) is 70.8. The molecule has 0 aromatic rings. The second-order valence-electron chi connectivity index (χ2n) is 23.8. The molecule has 0 rings (SSSR count). The largest absolute Gasteiger partial charge is 0.545 e. The van der Waals surface area contributed by atoms with E-state index in [2.05, 4.69) is 50.3 Å². The Bertz CT molecular complexity index is 1360. The van der Waals surface area contributed by atoms with Crippen LogP contribution in [0.5, 0.6) is 0 Å². The van der Waals surface area contributed by atoms with Crippen LogP contribution in [-0.4, -0.2) is 82.3 Å². The molecule has 77 heavy (non-hydrogen) atoms. The van der Waals surface area contributed by atoms with Crippen LogP contribution in [0.25, 0.3) is 0 Å². The lowest BCUT2D eigenvalue weighted by Gasteiger charge is -2.26. The zero-order valence-corrected chi connectivity index (χ0v) is 51.6. The quantitative estimate of drug-likeness (QED) is 0.0195. The highest BCUT2D eigenvalue weighted by atomic mass is 16.7. The molecule has 0 spiro atoms. The molecular formula is C68H127NO8. The lowest BCUT2D eigenvalue weighted by atomic mass is 10.0. The van der Waals surface area contributed by atoms with E-state index < -0.39 is 24.3 Å². The number of nitrogens with zero attached hydrogens (tertiary/aromatic N) is 1. The Hall–Kier alpha value is -2.49. The average Bonchev–Trinajstić information content (AvgIpc) is 3.40. The van der Waals surface area contributed by atoms with Crippen molar-refractivity contribution in [2.75, 3.05) is 47.5 Å². The molecule has 0 amide bonds. The van der Waals surface area contributed by atoms with Crippen LogP contribution in [0, 0.1) is 0 Å². The van der Waals surface area contributed by atoms with Gasteiger partial charge in [-0.3, -0.25) is 9.59 Å². The maximum absolute atomic E-state index is 12.9. The zero-order valence-electron chi connectivity index (χ0n) is 51.6. The van der Waals surface area contributed by atoms with Gasteiger partial charge in [-0.15, -0.1) is 0 Å². The van der Waals surface area contributed by atoms with Gasteiger partial charge in [0.2, 0.25) is 0 Å². The fourth-order valence-corrected chi connectivity index (χ4v) is 9.78. The molecule has 0 N–H and O–H groups in total. The van der Waals surface area contributed by atoms with Crippen molar-refractivity contribution >= 4 is 17.9 Å². The van der Waals surface area contributed by atoms with Crippen LogP contribution in [0.2, 0.25) is 0 Å². The van der Waals surface area contributed by atoms with Crippen LogP contribution in [-0.2, 0) is 33.3 Å². The van der Waals surface area contributed by atoms with E-state index in [-0.39, 0.29) is 32.2 Å². The topological polar surface area (TPSA) is 111 Å². The summed E-state index contributed by atoms with van der Waals surface area (Å²) in [4.78, 5) is 37.4. The first-order valence-corrected chi connectivity index (χ1v) is 33.1. The molecular weight excluding hydrogens is 959 g/mol. The first-order chi connectivity index (χ1) is 37.6. The van der Waals surface area contributed by atoms with Crippen LogP contribution in [0.3, 0.4) is 0 Å². The van der Waals surface area contributed by atoms with Crippen LogP contribution in [0.4, 0.5) is 0 Å². The van der Waals surface area contributed by atoms with Crippen LogP contribution < -0.4 is 5.11 Å². The van der Waals surface area contributed by atoms with Gasteiger partial charge in [0, 0.05) is 12.8 Å². The number of carbonyl (C=O) groups excluding carboxylic acids is 3. The van der Waals surface area contributed by atoms with Gasteiger partial charge in [-0.1, -0.05) is 294 Å². The molecule has 0 saturated heterocycles. The fraction of sp³-hybridized carbons (Fsp3) is 0.868. The Morgan fingerprint density at radius 1 is 0.390 bits per heavy atom. The number of quaternary nitrogens is 1. The fourth-order valence-electron chi connectivity index (χ4n) is 9.78. The molecule has 0 radical (unpaired) electrons. The number of ether oxygens (including phenoxy) is 4. The molecule has 0 aliphatic rings. The molecule has 0 aromatic heterocycles. The molecule has 452 valence electrons. The number of carboxylic acid groups (broad SMARTS) is 1. The van der Waals surface area contributed by atoms with Crippen molar-refractivity contribution in [1.29, 1.82) is 0 Å². The van der Waals surface area contributed by atoms with Crippen LogP contribution >= 0.6 is 0 Å². The summed E-state index contributed by atoms with van der Waals surface area (Å²) in [6, 6.07) is 0. The maximum Gasteiger partial charge on any atom is 0.306 e. The van der Waals surface area contributed by atoms with Gasteiger partial charge >= 0.3 is 11.9 Å². The number of hydrogen-bond acceptors (Lipinski definition) is 8. The molecule has 0 heterocycles. The van der Waals surface area contributed by atoms with Gasteiger partial charge in [0.25, 0.3) is 0 Å². The van der Waals surface area contributed by atoms with E-state index in [0.717, 1.165) is 70.6 Å². The number of carboxylic acids is 1. The summed E-state index contributed by atoms with van der Waals surface area (Å²) in [5.41, 5.74) is 0. The third-order valence-electron chi connectivity index (χ3n) is 14.9. The monoisotopic (exact) mass is 1090 g/mol. The minimum absolute atomic E-state index is 0.146. The van der Waals surface area contributed by atoms with Crippen molar-refractivity contribution < 1.29 is 42.9 Å². The van der Waals surface area contributed by atoms with Gasteiger partial charge in [-0.25, -0.2) is 0 Å². The first-order valence-electron chi connectivity index (χ1n) is 33.1. The number of rotatable bonds is 62. The third-order valence-corrected chi connectivity index (χ3v) is 14.9. The predicted molar refractivity (Wildman–Crippen MR) is 325 cm³/mol. The van der Waals surface area contributed by atoms with Gasteiger partial charge < -0.3 is 33.3 Å². The summed E-state index contributed by atoms with van der Waals surface area (Å²) in [5, 5.41) is 11.8. The molecule has 2 unspecified atom stereocenters. The third kappa shape index (κ3) is 61.0. The van der Waals surface area contributed by atoms with E-state index in [1.165, 1.54) is 218 Å². The van der Waals surface area contributed by atoms with Gasteiger partial charge in [0.15, 0.2) is 12.4 Å². The molecule has 2 atom stereocenters. The zero-order chi connectivity index (χ0) is 56.2. The van der Waals surface area contributed by atoms with Crippen molar-refractivity contribution in [2.24, 2.45) is 0 Å². The molecule has 0 aliphatic heterocycles. The van der Waals surface area contributed by atoms with Crippen LogP contribution in [0.1, 0.15) is 322 Å². The molecule has 0 bridgehead atoms. The van der Waals surface area contributed by atoms with E-state index in [0.29, 0.717) is 23.9 Å². The number of allylic oxidation sites excluding steroid dienone is 6. The van der Waals surface area contributed by atoms with E-state index in [1.54, 1.807) is 0 Å². The molecule has 9 nitrogen and oxygen atoms in total. The molecule has 0 fully saturated rings.